The Morgan fingerprint density at radius 3 is 2.19 bits per heavy atom. The number of nitrogens with zero attached hydrogens (tertiary/aromatic N) is 1. The van der Waals surface area contributed by atoms with Crippen molar-refractivity contribution >= 4 is 12.0 Å². The number of amides is 2. The maximum Gasteiger partial charge on any atom is 0.338 e. The number of rotatable bonds is 6. The van der Waals surface area contributed by atoms with Crippen LogP contribution in [0.1, 0.15) is 25.5 Å². The van der Waals surface area contributed by atoms with Crippen LogP contribution >= 0.6 is 0 Å². The van der Waals surface area contributed by atoms with E-state index in [9.17, 15) is 9.59 Å². The van der Waals surface area contributed by atoms with Gasteiger partial charge in [0.1, 0.15) is 0 Å². The van der Waals surface area contributed by atoms with Gasteiger partial charge in [-0.2, -0.15) is 0 Å². The normalized spacial score (nSPS) is 16.9. The molecule has 0 saturated heterocycles. The molecule has 0 saturated carbocycles. The summed E-state index contributed by atoms with van der Waals surface area (Å²) in [5.41, 5.74) is 1.48. The molecule has 2 rings (SSSR count). The molecule has 1 aliphatic heterocycles. The molecule has 0 bridgehead atoms. The van der Waals surface area contributed by atoms with E-state index >= 15 is 0 Å². The molecule has 0 fully saturated rings. The summed E-state index contributed by atoms with van der Waals surface area (Å²) in [4.78, 5) is 26.2. The van der Waals surface area contributed by atoms with Crippen molar-refractivity contribution in [1.82, 2.24) is 10.2 Å². The van der Waals surface area contributed by atoms with Gasteiger partial charge < -0.3 is 29.2 Å². The first kappa shape index (κ1) is 19.4. The molecule has 8 nitrogen and oxygen atoms in total. The van der Waals surface area contributed by atoms with E-state index in [1.807, 2.05) is 0 Å². The Hall–Kier alpha value is -2.90. The minimum absolute atomic E-state index is 0.231. The standard InChI is InChI=1S/C18H24N2O6/c1-7-26-17(21)14-10(2)20(3)18(22)19-15(14)11-8-12(23-4)16(25-6)13(9-11)24-5/h8-9,15H,7H2,1-6H3,(H,19,22)/t15-/m1/s1. The van der Waals surface area contributed by atoms with Crippen LogP contribution in [0.15, 0.2) is 23.4 Å². The van der Waals surface area contributed by atoms with E-state index in [1.165, 1.54) is 26.2 Å². The molecule has 2 amide bonds. The third-order valence-corrected chi connectivity index (χ3v) is 4.27. The van der Waals surface area contributed by atoms with Gasteiger partial charge in [0.15, 0.2) is 11.5 Å². The molecule has 0 unspecified atom stereocenters. The van der Waals surface area contributed by atoms with Gasteiger partial charge in [-0.05, 0) is 31.5 Å². The first-order valence-corrected chi connectivity index (χ1v) is 8.11. The number of carbonyl (C=O) groups excluding carboxylic acids is 2. The first-order valence-electron chi connectivity index (χ1n) is 8.11. The number of hydrogen-bond acceptors (Lipinski definition) is 6. The van der Waals surface area contributed by atoms with Gasteiger partial charge >= 0.3 is 12.0 Å². The fourth-order valence-corrected chi connectivity index (χ4v) is 2.83. The highest BCUT2D eigenvalue weighted by molar-refractivity contribution is 5.95. The molecule has 1 N–H and O–H groups in total. The molecular weight excluding hydrogens is 340 g/mol. The average Bonchev–Trinajstić information content (AvgIpc) is 2.64. The lowest BCUT2D eigenvalue weighted by atomic mass is 9.94. The van der Waals surface area contributed by atoms with Gasteiger partial charge in [-0.25, -0.2) is 9.59 Å². The van der Waals surface area contributed by atoms with Crippen molar-refractivity contribution in [3.8, 4) is 17.2 Å². The third-order valence-electron chi connectivity index (χ3n) is 4.27. The number of ether oxygens (including phenoxy) is 4. The summed E-state index contributed by atoms with van der Waals surface area (Å²) in [6, 6.07) is 2.37. The van der Waals surface area contributed by atoms with Gasteiger partial charge in [-0.15, -0.1) is 0 Å². The zero-order valence-electron chi connectivity index (χ0n) is 15.8. The molecule has 1 atom stereocenters. The van der Waals surface area contributed by atoms with Gasteiger partial charge in [0.25, 0.3) is 0 Å². The van der Waals surface area contributed by atoms with Crippen molar-refractivity contribution in [3.05, 3.63) is 29.0 Å². The van der Waals surface area contributed by atoms with Crippen molar-refractivity contribution in [3.63, 3.8) is 0 Å². The molecule has 1 aromatic carbocycles. The number of nitrogens with one attached hydrogen (secondary N) is 1. The number of urea groups is 1. The zero-order chi connectivity index (χ0) is 19.4. The Labute approximate surface area is 152 Å². The number of methoxy groups -OCH3 is 3. The van der Waals surface area contributed by atoms with Crippen LogP contribution in [0, 0.1) is 0 Å². The summed E-state index contributed by atoms with van der Waals surface area (Å²) in [5.74, 6) is 0.791. The highest BCUT2D eigenvalue weighted by atomic mass is 16.5. The quantitative estimate of drug-likeness (QED) is 0.779. The predicted molar refractivity (Wildman–Crippen MR) is 94.5 cm³/mol. The Bertz CT molecular complexity index is 718. The van der Waals surface area contributed by atoms with Crippen molar-refractivity contribution in [2.45, 2.75) is 19.9 Å². The molecule has 8 heteroatoms. The van der Waals surface area contributed by atoms with E-state index in [0.29, 0.717) is 34.1 Å². The molecule has 1 aliphatic rings. The molecular formula is C18H24N2O6. The maximum absolute atomic E-state index is 12.5. The summed E-state index contributed by atoms with van der Waals surface area (Å²) in [5, 5.41) is 2.82. The van der Waals surface area contributed by atoms with Gasteiger partial charge in [0.2, 0.25) is 5.75 Å². The lowest BCUT2D eigenvalue weighted by Gasteiger charge is -2.33. The predicted octanol–water partition coefficient (Wildman–Crippen LogP) is 2.25. The number of carbonyl (C=O) groups is 2. The zero-order valence-corrected chi connectivity index (χ0v) is 15.8. The molecule has 142 valence electrons. The summed E-state index contributed by atoms with van der Waals surface area (Å²) in [6.07, 6.45) is 0. The fourth-order valence-electron chi connectivity index (χ4n) is 2.83. The lowest BCUT2D eigenvalue weighted by Crippen LogP contribution is -2.46. The second-order valence-electron chi connectivity index (χ2n) is 5.62. The van der Waals surface area contributed by atoms with Crippen LogP contribution in [-0.2, 0) is 9.53 Å². The van der Waals surface area contributed by atoms with Crippen LogP contribution in [0.5, 0.6) is 17.2 Å². The highest BCUT2D eigenvalue weighted by Gasteiger charge is 2.36. The first-order chi connectivity index (χ1) is 12.4. The number of esters is 1. The molecule has 1 heterocycles. The number of benzene rings is 1. The Balaban J connectivity index is 2.64. The van der Waals surface area contributed by atoms with Crippen molar-refractivity contribution < 1.29 is 28.5 Å². The Kier molecular flexibility index (Phi) is 5.97. The minimum Gasteiger partial charge on any atom is -0.493 e. The maximum atomic E-state index is 12.5. The van der Waals surface area contributed by atoms with Crippen LogP contribution in [0.25, 0.3) is 0 Å². The topological polar surface area (TPSA) is 86.3 Å². The SMILES string of the molecule is CCOC(=O)C1=C(C)N(C)C(=O)N[C@@H]1c1cc(OC)c(OC)c(OC)c1. The average molecular weight is 364 g/mol. The van der Waals surface area contributed by atoms with Gasteiger partial charge in [0, 0.05) is 12.7 Å². The number of hydrogen-bond donors (Lipinski definition) is 1. The van der Waals surface area contributed by atoms with Crippen molar-refractivity contribution in [2.75, 3.05) is 35.0 Å². The highest BCUT2D eigenvalue weighted by Crippen LogP contribution is 2.42. The van der Waals surface area contributed by atoms with Crippen LogP contribution in [0.2, 0.25) is 0 Å². The summed E-state index contributed by atoms with van der Waals surface area (Å²) >= 11 is 0. The van der Waals surface area contributed by atoms with Crippen LogP contribution in [0.3, 0.4) is 0 Å². The van der Waals surface area contributed by atoms with Crippen molar-refractivity contribution in [2.24, 2.45) is 0 Å². The second kappa shape index (κ2) is 7.99. The summed E-state index contributed by atoms with van der Waals surface area (Å²) < 4.78 is 21.2. The second-order valence-corrected chi connectivity index (χ2v) is 5.62. The molecule has 1 aromatic rings. The molecule has 26 heavy (non-hydrogen) atoms. The summed E-state index contributed by atoms with van der Waals surface area (Å²) in [7, 11) is 6.10. The summed E-state index contributed by atoms with van der Waals surface area (Å²) in [6.45, 7) is 3.67. The van der Waals surface area contributed by atoms with Gasteiger partial charge in [-0.1, -0.05) is 0 Å². The van der Waals surface area contributed by atoms with Crippen LogP contribution in [-0.4, -0.2) is 51.9 Å². The molecule has 0 aliphatic carbocycles. The number of allylic oxidation sites excluding steroid dienone is 1. The largest absolute Gasteiger partial charge is 0.493 e. The minimum atomic E-state index is -0.702. The Morgan fingerprint density at radius 2 is 1.73 bits per heavy atom. The fraction of sp³-hybridized carbons (Fsp3) is 0.444. The van der Waals surface area contributed by atoms with Crippen LogP contribution in [0.4, 0.5) is 4.79 Å². The van der Waals surface area contributed by atoms with E-state index in [1.54, 1.807) is 33.0 Å². The van der Waals surface area contributed by atoms with Gasteiger partial charge in [-0.3, -0.25) is 0 Å². The molecule has 0 radical (unpaired) electrons. The Morgan fingerprint density at radius 1 is 1.15 bits per heavy atom. The van der Waals surface area contributed by atoms with E-state index in [0.717, 1.165) is 0 Å². The van der Waals surface area contributed by atoms with E-state index < -0.39 is 12.0 Å². The smallest absolute Gasteiger partial charge is 0.338 e. The van der Waals surface area contributed by atoms with Crippen molar-refractivity contribution in [1.29, 1.82) is 0 Å². The molecule has 0 aromatic heterocycles. The lowest BCUT2D eigenvalue weighted by molar-refractivity contribution is -0.139. The van der Waals surface area contributed by atoms with E-state index in [-0.39, 0.29) is 12.6 Å². The third kappa shape index (κ3) is 3.40. The monoisotopic (exact) mass is 364 g/mol. The van der Waals surface area contributed by atoms with Crippen LogP contribution < -0.4 is 19.5 Å². The molecule has 0 spiro atoms. The van der Waals surface area contributed by atoms with E-state index in [4.69, 9.17) is 18.9 Å². The van der Waals surface area contributed by atoms with Gasteiger partial charge in [0.05, 0.1) is 39.6 Å². The van der Waals surface area contributed by atoms with E-state index in [2.05, 4.69) is 5.32 Å².